The quantitative estimate of drug-likeness (QED) is 0.242. The molecule has 2 aromatic heterocycles. The van der Waals surface area contributed by atoms with Crippen molar-refractivity contribution in [2.75, 3.05) is 0 Å². The molecule has 0 saturated carbocycles. The highest BCUT2D eigenvalue weighted by molar-refractivity contribution is 6.10. The molecule has 1 N–H and O–H groups in total. The number of para-hydroxylation sites is 2. The molecule has 0 aliphatic heterocycles. The van der Waals surface area contributed by atoms with E-state index in [1.54, 1.807) is 0 Å². The Hall–Kier alpha value is -5.08. The normalized spacial score (nSPS) is 11.7. The number of hydrogen-bond donors (Lipinski definition) is 1. The molecule has 0 atom stereocenters. The number of aryl methyl sites for hydroxylation is 1. The molecule has 8 rings (SSSR count). The van der Waals surface area contributed by atoms with Gasteiger partial charge in [0, 0.05) is 38.3 Å². The van der Waals surface area contributed by atoms with Gasteiger partial charge in [-0.1, -0.05) is 91.9 Å². The lowest BCUT2D eigenvalue weighted by molar-refractivity contribution is 1.14. The minimum Gasteiger partial charge on any atom is -0.355 e. The minimum absolute atomic E-state index is 1.06. The Balaban J connectivity index is 1.21. The van der Waals surface area contributed by atoms with Gasteiger partial charge in [0.25, 0.3) is 0 Å². The second-order valence-corrected chi connectivity index (χ2v) is 10.6. The Kier molecular flexibility index (Phi) is 5.14. The van der Waals surface area contributed by atoms with Gasteiger partial charge >= 0.3 is 0 Å². The summed E-state index contributed by atoms with van der Waals surface area (Å²) in [4.78, 5) is 3.61. The largest absolute Gasteiger partial charge is 0.355 e. The third kappa shape index (κ3) is 3.57. The fourth-order valence-corrected chi connectivity index (χ4v) is 6.19. The summed E-state index contributed by atoms with van der Waals surface area (Å²) in [5.41, 5.74) is 12.3. The number of rotatable bonds is 4. The van der Waals surface area contributed by atoms with Crippen molar-refractivity contribution in [2.24, 2.45) is 0 Å². The molecule has 0 bridgehead atoms. The average Bonchev–Trinajstić information content (AvgIpc) is 3.56. The van der Waals surface area contributed by atoms with Gasteiger partial charge in [-0.3, -0.25) is 0 Å². The highest BCUT2D eigenvalue weighted by Gasteiger charge is 2.12. The molecule has 40 heavy (non-hydrogen) atoms. The topological polar surface area (TPSA) is 20.7 Å². The zero-order valence-electron chi connectivity index (χ0n) is 22.4. The van der Waals surface area contributed by atoms with Crippen LogP contribution in [0.1, 0.15) is 12.5 Å². The first-order valence-electron chi connectivity index (χ1n) is 14.0. The van der Waals surface area contributed by atoms with Crippen LogP contribution >= 0.6 is 0 Å². The van der Waals surface area contributed by atoms with Crippen LogP contribution in [0.2, 0.25) is 0 Å². The molecule has 0 amide bonds. The number of fused-ring (bicyclic) bond motifs is 6. The fourth-order valence-electron chi connectivity index (χ4n) is 6.19. The van der Waals surface area contributed by atoms with Gasteiger partial charge in [0.15, 0.2) is 0 Å². The molecule has 0 spiro atoms. The Bertz CT molecular complexity index is 2120. The summed E-state index contributed by atoms with van der Waals surface area (Å²) in [5, 5.41) is 5.09. The maximum absolute atomic E-state index is 3.61. The molecular formula is C38H28N2. The molecule has 6 aromatic carbocycles. The summed E-state index contributed by atoms with van der Waals surface area (Å²) >= 11 is 0. The van der Waals surface area contributed by atoms with E-state index in [2.05, 4.69) is 150 Å². The van der Waals surface area contributed by atoms with Crippen molar-refractivity contribution in [3.05, 3.63) is 139 Å². The lowest BCUT2D eigenvalue weighted by atomic mass is 9.99. The minimum atomic E-state index is 1.06. The number of aromatic amines is 1. The van der Waals surface area contributed by atoms with Gasteiger partial charge < -0.3 is 9.55 Å². The third-order valence-corrected chi connectivity index (χ3v) is 8.33. The van der Waals surface area contributed by atoms with Crippen LogP contribution in [0.25, 0.3) is 71.6 Å². The van der Waals surface area contributed by atoms with E-state index in [0.717, 1.165) is 6.42 Å². The summed E-state index contributed by atoms with van der Waals surface area (Å²) in [5.74, 6) is 0. The standard InChI is InChI=1S/C38H28N2/c1-2-25-11-13-26(14-12-25)28-17-21-35-33(23-28)34-24-29(18-22-36(34)39-35)27-15-19-30(20-16-27)40-37-9-5-3-7-31(37)32-8-4-6-10-38(32)40/h3-24,39H,2H2,1H3. The summed E-state index contributed by atoms with van der Waals surface area (Å²) in [7, 11) is 0. The molecule has 8 aromatic rings. The van der Waals surface area contributed by atoms with E-state index >= 15 is 0 Å². The maximum atomic E-state index is 3.61. The molecule has 0 fully saturated rings. The summed E-state index contributed by atoms with van der Waals surface area (Å²) in [6.45, 7) is 2.20. The van der Waals surface area contributed by atoms with Gasteiger partial charge in [-0.25, -0.2) is 0 Å². The van der Waals surface area contributed by atoms with E-state index in [1.165, 1.54) is 77.1 Å². The van der Waals surface area contributed by atoms with Crippen molar-refractivity contribution in [3.8, 4) is 27.9 Å². The average molecular weight is 513 g/mol. The molecule has 0 aliphatic rings. The van der Waals surface area contributed by atoms with Crippen molar-refractivity contribution >= 4 is 43.6 Å². The second-order valence-electron chi connectivity index (χ2n) is 10.6. The second kappa shape index (κ2) is 9.00. The molecule has 2 heteroatoms. The van der Waals surface area contributed by atoms with Crippen molar-refractivity contribution < 1.29 is 0 Å². The van der Waals surface area contributed by atoms with Crippen molar-refractivity contribution in [3.63, 3.8) is 0 Å². The van der Waals surface area contributed by atoms with Gasteiger partial charge in [-0.2, -0.15) is 0 Å². The Morgan fingerprint density at radius 2 is 0.950 bits per heavy atom. The van der Waals surface area contributed by atoms with Crippen molar-refractivity contribution in [2.45, 2.75) is 13.3 Å². The van der Waals surface area contributed by atoms with E-state index in [4.69, 9.17) is 0 Å². The number of nitrogens with zero attached hydrogens (tertiary/aromatic N) is 1. The molecular weight excluding hydrogens is 484 g/mol. The summed E-state index contributed by atoms with van der Waals surface area (Å²) in [6, 6.07) is 48.7. The van der Waals surface area contributed by atoms with Crippen LogP contribution in [-0.2, 0) is 6.42 Å². The number of hydrogen-bond acceptors (Lipinski definition) is 0. The van der Waals surface area contributed by atoms with Crippen molar-refractivity contribution in [1.29, 1.82) is 0 Å². The van der Waals surface area contributed by atoms with Gasteiger partial charge in [-0.05, 0) is 82.8 Å². The van der Waals surface area contributed by atoms with E-state index in [-0.39, 0.29) is 0 Å². The Morgan fingerprint density at radius 1 is 0.475 bits per heavy atom. The number of benzene rings is 6. The van der Waals surface area contributed by atoms with E-state index in [1.807, 2.05) is 0 Å². The van der Waals surface area contributed by atoms with Crippen LogP contribution < -0.4 is 0 Å². The van der Waals surface area contributed by atoms with Gasteiger partial charge in [0.05, 0.1) is 11.0 Å². The number of aromatic nitrogens is 2. The predicted octanol–water partition coefficient (Wildman–Crippen LogP) is 10.3. The van der Waals surface area contributed by atoms with Crippen LogP contribution in [0.5, 0.6) is 0 Å². The first-order chi connectivity index (χ1) is 19.8. The monoisotopic (exact) mass is 512 g/mol. The first kappa shape index (κ1) is 22.9. The highest BCUT2D eigenvalue weighted by Crippen LogP contribution is 2.35. The first-order valence-corrected chi connectivity index (χ1v) is 14.0. The molecule has 190 valence electrons. The zero-order valence-corrected chi connectivity index (χ0v) is 22.4. The third-order valence-electron chi connectivity index (χ3n) is 8.33. The van der Waals surface area contributed by atoms with E-state index < -0.39 is 0 Å². The van der Waals surface area contributed by atoms with Crippen LogP contribution in [0, 0.1) is 0 Å². The lowest BCUT2D eigenvalue weighted by Crippen LogP contribution is -1.93. The van der Waals surface area contributed by atoms with E-state index in [0.29, 0.717) is 0 Å². The summed E-state index contributed by atoms with van der Waals surface area (Å²) < 4.78 is 2.37. The Morgan fingerprint density at radius 3 is 1.48 bits per heavy atom. The SMILES string of the molecule is CCc1ccc(-c2ccc3[nH]c4ccc(-c5ccc(-n6c7ccccc7c7ccccc76)cc5)cc4c3c2)cc1. The van der Waals surface area contributed by atoms with Crippen molar-refractivity contribution in [1.82, 2.24) is 9.55 Å². The van der Waals surface area contributed by atoms with Gasteiger partial charge in [-0.15, -0.1) is 0 Å². The smallest absolute Gasteiger partial charge is 0.0541 e. The lowest BCUT2D eigenvalue weighted by Gasteiger charge is -2.09. The summed E-state index contributed by atoms with van der Waals surface area (Å²) in [6.07, 6.45) is 1.06. The number of nitrogens with one attached hydrogen (secondary N) is 1. The molecule has 0 radical (unpaired) electrons. The predicted molar refractivity (Wildman–Crippen MR) is 170 cm³/mol. The van der Waals surface area contributed by atoms with Crippen LogP contribution in [0.4, 0.5) is 0 Å². The van der Waals surface area contributed by atoms with Gasteiger partial charge in [0.2, 0.25) is 0 Å². The Labute approximate surface area is 233 Å². The zero-order chi connectivity index (χ0) is 26.6. The van der Waals surface area contributed by atoms with E-state index in [9.17, 15) is 0 Å². The molecule has 0 unspecified atom stereocenters. The van der Waals surface area contributed by atoms with Crippen LogP contribution in [-0.4, -0.2) is 9.55 Å². The van der Waals surface area contributed by atoms with Crippen LogP contribution in [0.15, 0.2) is 133 Å². The molecule has 0 aliphatic carbocycles. The highest BCUT2D eigenvalue weighted by atomic mass is 15.0. The fraction of sp³-hybridized carbons (Fsp3) is 0.0526. The molecule has 2 nitrogen and oxygen atoms in total. The molecule has 2 heterocycles. The number of H-pyrrole nitrogens is 1. The van der Waals surface area contributed by atoms with Crippen LogP contribution in [0.3, 0.4) is 0 Å². The van der Waals surface area contributed by atoms with Gasteiger partial charge in [0.1, 0.15) is 0 Å². The maximum Gasteiger partial charge on any atom is 0.0541 e. The molecule has 0 saturated heterocycles.